The zero-order valence-electron chi connectivity index (χ0n) is 23.5. The number of fused-ring (bicyclic) bond motifs is 1. The SMILES string of the molecule is C#CC1=C2C=CCC3=C2C(=C([C@@H](C)NC(=O)c2c(NS(=O)(=O)NC)nn4cccnc24)[C@@H](c2ccccc2)C1=O)CNC3. The van der Waals surface area contributed by atoms with Gasteiger partial charge < -0.3 is 10.6 Å². The Morgan fingerprint density at radius 1 is 1.21 bits per heavy atom. The van der Waals surface area contributed by atoms with Gasteiger partial charge in [-0.1, -0.05) is 48.4 Å². The molecule has 6 rings (SSSR count). The first-order chi connectivity index (χ1) is 20.7. The number of allylic oxidation sites excluding steroid dienone is 4. The van der Waals surface area contributed by atoms with E-state index >= 15 is 0 Å². The van der Waals surface area contributed by atoms with E-state index in [1.807, 2.05) is 49.4 Å². The second kappa shape index (κ2) is 11.1. The number of amides is 1. The van der Waals surface area contributed by atoms with Gasteiger partial charge >= 0.3 is 0 Å². The summed E-state index contributed by atoms with van der Waals surface area (Å²) in [5, 5.41) is 10.7. The van der Waals surface area contributed by atoms with Crippen LogP contribution in [0.3, 0.4) is 0 Å². The van der Waals surface area contributed by atoms with Gasteiger partial charge in [-0.2, -0.15) is 8.42 Å². The van der Waals surface area contributed by atoms with Crippen LogP contribution in [0.5, 0.6) is 0 Å². The summed E-state index contributed by atoms with van der Waals surface area (Å²) in [4.78, 5) is 32.6. The molecule has 1 aromatic carbocycles. The van der Waals surface area contributed by atoms with Crippen LogP contribution in [0.2, 0.25) is 0 Å². The number of rotatable bonds is 7. The van der Waals surface area contributed by atoms with Crippen molar-refractivity contribution in [3.8, 4) is 12.3 Å². The summed E-state index contributed by atoms with van der Waals surface area (Å²) in [5.41, 5.74) is 5.60. The molecule has 3 aromatic rings. The predicted molar refractivity (Wildman–Crippen MR) is 162 cm³/mol. The number of anilines is 1. The first kappa shape index (κ1) is 28.3. The fourth-order valence-electron chi connectivity index (χ4n) is 6.03. The van der Waals surface area contributed by atoms with Gasteiger partial charge in [0.05, 0.1) is 11.5 Å². The molecule has 0 saturated heterocycles. The Morgan fingerprint density at radius 3 is 2.74 bits per heavy atom. The van der Waals surface area contributed by atoms with Crippen LogP contribution in [0.4, 0.5) is 5.82 Å². The van der Waals surface area contributed by atoms with E-state index < -0.39 is 28.1 Å². The molecule has 2 atom stereocenters. The van der Waals surface area contributed by atoms with Crippen LogP contribution in [0, 0.1) is 12.3 Å². The van der Waals surface area contributed by atoms with Crippen molar-refractivity contribution in [1.29, 1.82) is 0 Å². The number of hydrogen-bond acceptors (Lipinski definition) is 7. The fraction of sp³-hybridized carbons (Fsp3) is 0.226. The summed E-state index contributed by atoms with van der Waals surface area (Å²) in [6, 6.07) is 10.3. The highest BCUT2D eigenvalue weighted by Gasteiger charge is 2.40. The van der Waals surface area contributed by atoms with Gasteiger partial charge in [-0.05, 0) is 47.3 Å². The monoisotopic (exact) mass is 595 g/mol. The number of hydrogen-bond donors (Lipinski definition) is 4. The molecule has 1 amide bonds. The van der Waals surface area contributed by atoms with E-state index in [-0.39, 0.29) is 22.8 Å². The van der Waals surface area contributed by atoms with Gasteiger partial charge in [0.1, 0.15) is 5.56 Å². The van der Waals surface area contributed by atoms with Crippen molar-refractivity contribution in [3.05, 3.63) is 106 Å². The third kappa shape index (κ3) is 4.97. The maximum atomic E-state index is 14.3. The standard InChI is InChI=1S/C31H29N7O4S/c1-4-21-22-13-8-12-20-16-33-17-23(25(20)22)24(26(28(21)39)19-10-6-5-7-11-19)18(2)35-31(40)27-29(37-43(41,42)32-3)36-38-15-9-14-34-30(27)38/h1,5-11,13-15,18,26,32-33H,12,16-17H2,2-3H3,(H,35,40)(H,36,37)/t18-,26-/m1/s1. The molecule has 0 spiro atoms. The lowest BCUT2D eigenvalue weighted by Crippen LogP contribution is -2.40. The number of benzene rings is 1. The summed E-state index contributed by atoms with van der Waals surface area (Å²) in [7, 11) is -2.76. The van der Waals surface area contributed by atoms with Gasteiger partial charge in [-0.15, -0.1) is 11.5 Å². The molecule has 0 fully saturated rings. The van der Waals surface area contributed by atoms with E-state index in [1.165, 1.54) is 17.8 Å². The second-order valence-corrected chi connectivity index (χ2v) is 12.0. The van der Waals surface area contributed by atoms with Crippen LogP contribution in [-0.2, 0) is 15.0 Å². The molecular formula is C31H29N7O4S. The van der Waals surface area contributed by atoms with Crippen LogP contribution < -0.4 is 20.1 Å². The zero-order chi connectivity index (χ0) is 30.3. The molecule has 2 aliphatic carbocycles. The number of aromatic nitrogens is 3. The maximum Gasteiger partial charge on any atom is 0.300 e. The van der Waals surface area contributed by atoms with Gasteiger partial charge in [-0.25, -0.2) is 14.2 Å². The Morgan fingerprint density at radius 2 is 2.00 bits per heavy atom. The van der Waals surface area contributed by atoms with Crippen LogP contribution >= 0.6 is 0 Å². The van der Waals surface area contributed by atoms with Crippen LogP contribution in [-0.4, -0.2) is 60.9 Å². The van der Waals surface area contributed by atoms with E-state index in [0.717, 1.165) is 27.9 Å². The average molecular weight is 596 g/mol. The number of carbonyl (C=O) groups is 2. The van der Waals surface area contributed by atoms with Gasteiger partial charge in [0, 0.05) is 44.1 Å². The van der Waals surface area contributed by atoms with Crippen molar-refractivity contribution in [2.24, 2.45) is 0 Å². The molecule has 3 heterocycles. The number of terminal acetylenes is 1. The van der Waals surface area contributed by atoms with Gasteiger partial charge in [0.25, 0.3) is 16.1 Å². The Bertz CT molecular complexity index is 1950. The molecule has 4 N–H and O–H groups in total. The van der Waals surface area contributed by atoms with Crippen LogP contribution in [0.25, 0.3) is 5.65 Å². The number of nitrogens with one attached hydrogen (secondary N) is 4. The van der Waals surface area contributed by atoms with Crippen molar-refractivity contribution in [1.82, 2.24) is 30.0 Å². The van der Waals surface area contributed by atoms with Crippen LogP contribution in [0.15, 0.2) is 94.4 Å². The van der Waals surface area contributed by atoms with Crippen molar-refractivity contribution in [2.45, 2.75) is 25.3 Å². The van der Waals surface area contributed by atoms with Gasteiger partial charge in [0.15, 0.2) is 17.2 Å². The molecule has 0 radical (unpaired) electrons. The molecule has 218 valence electrons. The molecule has 0 unspecified atom stereocenters. The van der Waals surface area contributed by atoms with E-state index in [9.17, 15) is 18.0 Å². The van der Waals surface area contributed by atoms with E-state index in [4.69, 9.17) is 6.42 Å². The molecule has 0 saturated carbocycles. The summed E-state index contributed by atoms with van der Waals surface area (Å²) < 4.78 is 30.5. The minimum Gasteiger partial charge on any atom is -0.346 e. The van der Waals surface area contributed by atoms with Gasteiger partial charge in [-0.3, -0.25) is 14.3 Å². The highest BCUT2D eigenvalue weighted by Crippen LogP contribution is 2.44. The van der Waals surface area contributed by atoms with Gasteiger partial charge in [0.2, 0.25) is 0 Å². The smallest absolute Gasteiger partial charge is 0.300 e. The average Bonchev–Trinajstić information content (AvgIpc) is 3.32. The largest absolute Gasteiger partial charge is 0.346 e. The third-order valence-electron chi connectivity index (χ3n) is 7.86. The summed E-state index contributed by atoms with van der Waals surface area (Å²) in [5.74, 6) is 0.895. The van der Waals surface area contributed by atoms with Crippen molar-refractivity contribution in [2.75, 3.05) is 24.9 Å². The number of ketones is 1. The predicted octanol–water partition coefficient (Wildman–Crippen LogP) is 2.18. The Labute approximate surface area is 249 Å². The Hall–Kier alpha value is -4.83. The third-order valence-corrected chi connectivity index (χ3v) is 8.86. The van der Waals surface area contributed by atoms with Crippen LogP contribution in [0.1, 0.15) is 35.2 Å². The van der Waals surface area contributed by atoms with E-state index in [1.54, 1.807) is 12.3 Å². The topological polar surface area (TPSA) is 147 Å². The minimum atomic E-state index is -4.00. The Kier molecular flexibility index (Phi) is 7.31. The maximum absolute atomic E-state index is 14.3. The zero-order valence-corrected chi connectivity index (χ0v) is 24.3. The van der Waals surface area contributed by atoms with Crippen molar-refractivity contribution < 1.29 is 18.0 Å². The first-order valence-electron chi connectivity index (χ1n) is 13.7. The lowest BCUT2D eigenvalue weighted by Gasteiger charge is -2.32. The lowest BCUT2D eigenvalue weighted by atomic mass is 9.78. The summed E-state index contributed by atoms with van der Waals surface area (Å²) in [6.45, 7) is 2.95. The molecule has 0 bridgehead atoms. The number of carbonyl (C=O) groups excluding carboxylic acids is 2. The Balaban J connectivity index is 1.50. The lowest BCUT2D eigenvalue weighted by molar-refractivity contribution is -0.115. The second-order valence-electron chi connectivity index (χ2n) is 10.4. The summed E-state index contributed by atoms with van der Waals surface area (Å²) in [6.07, 6.45) is 13.7. The van der Waals surface area contributed by atoms with E-state index in [0.29, 0.717) is 30.7 Å². The van der Waals surface area contributed by atoms with Crippen molar-refractivity contribution in [3.63, 3.8) is 0 Å². The molecule has 1 aliphatic heterocycles. The fourth-order valence-corrected chi connectivity index (χ4v) is 6.53. The number of Topliss-reactive ketones (excluding diaryl/α,β-unsaturated/α-hetero) is 1. The highest BCUT2D eigenvalue weighted by molar-refractivity contribution is 7.90. The highest BCUT2D eigenvalue weighted by atomic mass is 32.2. The number of nitrogens with zero attached hydrogens (tertiary/aromatic N) is 3. The molecule has 12 heteroatoms. The quantitative estimate of drug-likeness (QED) is 0.306. The molecule has 2 aromatic heterocycles. The normalized spacial score (nSPS) is 19.2. The molecule has 43 heavy (non-hydrogen) atoms. The molecule has 3 aliphatic rings. The summed E-state index contributed by atoms with van der Waals surface area (Å²) >= 11 is 0. The van der Waals surface area contributed by atoms with Crippen molar-refractivity contribution >= 4 is 33.4 Å². The molecule has 11 nitrogen and oxygen atoms in total. The minimum absolute atomic E-state index is 0.0570. The first-order valence-corrected chi connectivity index (χ1v) is 15.2. The molecular weight excluding hydrogens is 566 g/mol. The van der Waals surface area contributed by atoms with E-state index in [2.05, 4.69) is 36.1 Å².